The van der Waals surface area contributed by atoms with Crippen LogP contribution in [0.3, 0.4) is 0 Å². The molecule has 0 radical (unpaired) electrons. The van der Waals surface area contributed by atoms with Crippen LogP contribution in [-0.2, 0) is 32.3 Å². The van der Waals surface area contributed by atoms with Crippen molar-refractivity contribution in [1.29, 1.82) is 0 Å². The first-order chi connectivity index (χ1) is 17.0. The van der Waals surface area contributed by atoms with E-state index in [1.165, 1.54) is 0 Å². The Kier molecular flexibility index (Phi) is 23.1. The Labute approximate surface area is 214 Å². The lowest BCUT2D eigenvalue weighted by molar-refractivity contribution is -0.00669. The van der Waals surface area contributed by atoms with Gasteiger partial charge in [0.2, 0.25) is 0 Å². The number of ether oxygens (including phenoxy) is 3. The van der Waals surface area contributed by atoms with Crippen molar-refractivity contribution in [2.45, 2.75) is 96.9 Å². The lowest BCUT2D eigenvalue weighted by Gasteiger charge is -2.21. The van der Waals surface area contributed by atoms with E-state index in [0.717, 1.165) is 57.8 Å². The van der Waals surface area contributed by atoms with Crippen molar-refractivity contribution in [3.8, 4) is 0 Å². The lowest BCUT2D eigenvalue weighted by atomic mass is 10.1. The highest BCUT2D eigenvalue weighted by Crippen LogP contribution is 2.49. The maximum atomic E-state index is 13.2. The molecule has 0 aliphatic heterocycles. The molecule has 0 saturated heterocycles. The molecule has 0 aliphatic carbocycles. The molecule has 0 aromatic rings. The minimum atomic E-state index is -3.79. The van der Waals surface area contributed by atoms with Gasteiger partial charge in [-0.2, -0.15) is 0 Å². The molecule has 0 aromatic carbocycles. The molecular weight excluding hydrogens is 467 g/mol. The average Bonchev–Trinajstić information content (AvgIpc) is 2.83. The molecule has 3 unspecified atom stereocenters. The Bertz CT molecular complexity index is 494. The van der Waals surface area contributed by atoms with E-state index < -0.39 is 7.82 Å². The third-order valence-corrected chi connectivity index (χ3v) is 6.68. The summed E-state index contributed by atoms with van der Waals surface area (Å²) in [5.74, 6) is 0. The van der Waals surface area contributed by atoms with E-state index in [9.17, 15) is 4.57 Å². The summed E-state index contributed by atoms with van der Waals surface area (Å²) in [7, 11) is -3.79. The van der Waals surface area contributed by atoms with Crippen LogP contribution in [-0.4, -0.2) is 58.0 Å². The van der Waals surface area contributed by atoms with Gasteiger partial charge >= 0.3 is 7.82 Å². The zero-order chi connectivity index (χ0) is 26.2. The summed E-state index contributed by atoms with van der Waals surface area (Å²) in [5.41, 5.74) is 0. The molecular formula is C27H51O7P. The molecule has 206 valence electrons. The number of hydrogen-bond acceptors (Lipinski definition) is 7. The van der Waals surface area contributed by atoms with Gasteiger partial charge in [-0.3, -0.25) is 13.6 Å². The van der Waals surface area contributed by atoms with Gasteiger partial charge in [0.1, 0.15) is 0 Å². The van der Waals surface area contributed by atoms with Gasteiger partial charge < -0.3 is 14.2 Å². The van der Waals surface area contributed by atoms with Crippen molar-refractivity contribution in [3.05, 3.63) is 38.0 Å². The highest BCUT2D eigenvalue weighted by molar-refractivity contribution is 7.48. The fourth-order valence-electron chi connectivity index (χ4n) is 3.53. The zero-order valence-corrected chi connectivity index (χ0v) is 23.4. The van der Waals surface area contributed by atoms with Crippen LogP contribution < -0.4 is 0 Å². The van der Waals surface area contributed by atoms with Crippen molar-refractivity contribution in [1.82, 2.24) is 0 Å². The summed E-state index contributed by atoms with van der Waals surface area (Å²) in [6.45, 7) is 18.8. The van der Waals surface area contributed by atoms with Gasteiger partial charge in [-0.1, -0.05) is 58.3 Å². The van der Waals surface area contributed by atoms with Crippen molar-refractivity contribution in [2.75, 3.05) is 39.6 Å². The first-order valence-corrected chi connectivity index (χ1v) is 14.7. The minimum absolute atomic E-state index is 0.0739. The molecule has 0 aliphatic rings. The van der Waals surface area contributed by atoms with Gasteiger partial charge in [-0.15, -0.1) is 19.7 Å². The van der Waals surface area contributed by atoms with E-state index in [4.69, 9.17) is 27.8 Å². The molecule has 0 N–H and O–H groups in total. The summed E-state index contributed by atoms with van der Waals surface area (Å²) < 4.78 is 47.4. The van der Waals surface area contributed by atoms with Gasteiger partial charge in [-0.25, -0.2) is 4.57 Å². The SMILES string of the molecule is C=CCC(CCC)OCCOP(=O)(OCCOC(CC=C)CCC)OCCOC(CC=C)CCC. The molecule has 8 heteroatoms. The third-order valence-electron chi connectivity index (χ3n) is 5.18. The van der Waals surface area contributed by atoms with Crippen LogP contribution in [0.25, 0.3) is 0 Å². The summed E-state index contributed by atoms with van der Waals surface area (Å²) in [6.07, 6.45) is 13.9. The van der Waals surface area contributed by atoms with E-state index in [2.05, 4.69) is 40.5 Å². The fraction of sp³-hybridized carbons (Fsp3) is 0.778. The van der Waals surface area contributed by atoms with Crippen LogP contribution in [0.1, 0.15) is 78.6 Å². The number of phosphoric acid groups is 1. The highest BCUT2D eigenvalue weighted by atomic mass is 31.2. The van der Waals surface area contributed by atoms with Gasteiger partial charge in [0.25, 0.3) is 0 Å². The van der Waals surface area contributed by atoms with Gasteiger partial charge in [0.15, 0.2) is 0 Å². The molecule has 0 aromatic heterocycles. The summed E-state index contributed by atoms with van der Waals surface area (Å²) in [6, 6.07) is 0. The topological polar surface area (TPSA) is 72.5 Å². The van der Waals surface area contributed by atoms with Crippen molar-refractivity contribution < 1.29 is 32.3 Å². The number of hydrogen-bond donors (Lipinski definition) is 0. The quantitative estimate of drug-likeness (QED) is 0.0636. The largest absolute Gasteiger partial charge is 0.475 e. The Morgan fingerprint density at radius 1 is 0.571 bits per heavy atom. The molecule has 3 atom stereocenters. The second kappa shape index (κ2) is 23.6. The second-order valence-electron chi connectivity index (χ2n) is 8.36. The minimum Gasteiger partial charge on any atom is -0.375 e. The van der Waals surface area contributed by atoms with Crippen LogP contribution in [0.5, 0.6) is 0 Å². The van der Waals surface area contributed by atoms with E-state index in [1.807, 2.05) is 18.2 Å². The molecule has 0 spiro atoms. The Balaban J connectivity index is 4.74. The monoisotopic (exact) mass is 518 g/mol. The highest BCUT2D eigenvalue weighted by Gasteiger charge is 2.27. The van der Waals surface area contributed by atoms with Gasteiger partial charge in [-0.05, 0) is 38.5 Å². The van der Waals surface area contributed by atoms with Crippen LogP contribution >= 0.6 is 7.82 Å². The predicted molar refractivity (Wildman–Crippen MR) is 144 cm³/mol. The summed E-state index contributed by atoms with van der Waals surface area (Å²) in [4.78, 5) is 0. The molecule has 0 rings (SSSR count). The molecule has 0 fully saturated rings. The zero-order valence-electron chi connectivity index (χ0n) is 22.5. The summed E-state index contributed by atoms with van der Waals surface area (Å²) in [5, 5.41) is 0. The van der Waals surface area contributed by atoms with Crippen molar-refractivity contribution >= 4 is 7.82 Å². The molecule has 7 nitrogen and oxygen atoms in total. The Morgan fingerprint density at radius 2 is 0.857 bits per heavy atom. The van der Waals surface area contributed by atoms with E-state index in [0.29, 0.717) is 0 Å². The van der Waals surface area contributed by atoms with Gasteiger partial charge in [0.05, 0.1) is 58.0 Å². The van der Waals surface area contributed by atoms with E-state index in [-0.39, 0.29) is 58.0 Å². The smallest absolute Gasteiger partial charge is 0.375 e. The van der Waals surface area contributed by atoms with Gasteiger partial charge in [0, 0.05) is 0 Å². The normalized spacial score (nSPS) is 15.7. The van der Waals surface area contributed by atoms with Crippen LogP contribution in [0.4, 0.5) is 0 Å². The molecule has 0 bridgehead atoms. The van der Waals surface area contributed by atoms with Crippen LogP contribution in [0, 0.1) is 0 Å². The average molecular weight is 519 g/mol. The molecule has 35 heavy (non-hydrogen) atoms. The summed E-state index contributed by atoms with van der Waals surface area (Å²) >= 11 is 0. The van der Waals surface area contributed by atoms with Crippen LogP contribution in [0.2, 0.25) is 0 Å². The predicted octanol–water partition coefficient (Wildman–Crippen LogP) is 7.43. The maximum Gasteiger partial charge on any atom is 0.475 e. The molecule has 0 saturated carbocycles. The van der Waals surface area contributed by atoms with Crippen molar-refractivity contribution in [3.63, 3.8) is 0 Å². The lowest BCUT2D eigenvalue weighted by Crippen LogP contribution is -2.18. The van der Waals surface area contributed by atoms with E-state index >= 15 is 0 Å². The number of rotatable bonds is 27. The third kappa shape index (κ3) is 19.0. The maximum absolute atomic E-state index is 13.2. The van der Waals surface area contributed by atoms with E-state index in [1.54, 1.807) is 0 Å². The van der Waals surface area contributed by atoms with Crippen LogP contribution in [0.15, 0.2) is 38.0 Å². The Hall–Kier alpha value is -0.790. The van der Waals surface area contributed by atoms with Crippen molar-refractivity contribution in [2.24, 2.45) is 0 Å². The standard InChI is InChI=1S/C27H51O7P/c1-7-13-25(14-8-2)29-19-22-32-35(28,33-23-20-30-26(15-9-3)16-10-4)34-24-21-31-27(17-11-5)18-12-6/h7,9,11,25-27H,1,3,5,8,10,12-24H2,2,4,6H3. The second-order valence-corrected chi connectivity index (χ2v) is 10.0. The fourth-order valence-corrected chi connectivity index (χ4v) is 4.65. The first kappa shape index (κ1) is 34.2. The molecule has 0 amide bonds. The number of phosphoric ester groups is 1. The Morgan fingerprint density at radius 3 is 1.09 bits per heavy atom. The molecule has 0 heterocycles. The first-order valence-electron chi connectivity index (χ1n) is 13.2.